The number of ether oxygens (including phenoxy) is 1. The van der Waals surface area contributed by atoms with Crippen LogP contribution in [-0.2, 0) is 17.9 Å². The number of hydrogen-bond acceptors (Lipinski definition) is 4. The molecule has 86 valence electrons. The zero-order valence-corrected chi connectivity index (χ0v) is 9.96. The Kier molecular flexibility index (Phi) is 4.29. The first kappa shape index (κ1) is 12.2. The van der Waals surface area contributed by atoms with Gasteiger partial charge in [-0.05, 0) is 27.3 Å². The number of nitrogens with one attached hydrogen (secondary N) is 1. The fourth-order valence-corrected chi connectivity index (χ4v) is 1.05. The summed E-state index contributed by atoms with van der Waals surface area (Å²) < 4.78 is 10.7. The van der Waals surface area contributed by atoms with Crippen molar-refractivity contribution in [1.29, 1.82) is 0 Å². The Morgan fingerprint density at radius 2 is 2.20 bits per heavy atom. The molecule has 15 heavy (non-hydrogen) atoms. The lowest BCUT2D eigenvalue weighted by atomic mass is 10.2. The fourth-order valence-electron chi connectivity index (χ4n) is 1.05. The van der Waals surface area contributed by atoms with E-state index in [2.05, 4.69) is 17.4 Å². The molecule has 0 saturated heterocycles. The van der Waals surface area contributed by atoms with Crippen molar-refractivity contribution in [3.8, 4) is 0 Å². The zero-order chi connectivity index (χ0) is 11.3. The minimum atomic E-state index is -0.144. The van der Waals surface area contributed by atoms with Crippen LogP contribution < -0.4 is 5.32 Å². The third-order valence-corrected chi connectivity index (χ3v) is 1.81. The lowest BCUT2D eigenvalue weighted by molar-refractivity contribution is -0.0241. The summed E-state index contributed by atoms with van der Waals surface area (Å²) in [7, 11) is 0. The summed E-state index contributed by atoms with van der Waals surface area (Å²) in [5.74, 6) is 0.776. The predicted octanol–water partition coefficient (Wildman–Crippen LogP) is 2.10. The lowest BCUT2D eigenvalue weighted by Crippen LogP contribution is -2.18. The van der Waals surface area contributed by atoms with E-state index in [9.17, 15) is 0 Å². The second kappa shape index (κ2) is 5.28. The van der Waals surface area contributed by atoms with Crippen LogP contribution in [0.3, 0.4) is 0 Å². The van der Waals surface area contributed by atoms with Gasteiger partial charge in [-0.1, -0.05) is 12.1 Å². The Hall–Kier alpha value is -0.870. The highest BCUT2D eigenvalue weighted by Crippen LogP contribution is 2.12. The van der Waals surface area contributed by atoms with Gasteiger partial charge in [-0.2, -0.15) is 0 Å². The minimum absolute atomic E-state index is 0.144. The first-order chi connectivity index (χ1) is 7.01. The van der Waals surface area contributed by atoms with Crippen LogP contribution in [0.2, 0.25) is 0 Å². The monoisotopic (exact) mass is 212 g/mol. The molecular weight excluding hydrogens is 192 g/mol. The van der Waals surface area contributed by atoms with Crippen LogP contribution in [0, 0.1) is 0 Å². The van der Waals surface area contributed by atoms with Gasteiger partial charge in [0.05, 0.1) is 11.3 Å². The van der Waals surface area contributed by atoms with E-state index in [1.807, 2.05) is 26.8 Å². The van der Waals surface area contributed by atoms with Crippen molar-refractivity contribution in [1.82, 2.24) is 10.5 Å². The van der Waals surface area contributed by atoms with Crippen LogP contribution in [0.5, 0.6) is 0 Å². The van der Waals surface area contributed by atoms with Crippen molar-refractivity contribution in [3.63, 3.8) is 0 Å². The molecule has 1 aromatic heterocycles. The van der Waals surface area contributed by atoms with Gasteiger partial charge in [-0.25, -0.2) is 0 Å². The number of hydrogen-bond donors (Lipinski definition) is 1. The van der Waals surface area contributed by atoms with Crippen LogP contribution in [0.4, 0.5) is 0 Å². The van der Waals surface area contributed by atoms with Gasteiger partial charge in [0, 0.05) is 12.6 Å². The van der Waals surface area contributed by atoms with Gasteiger partial charge in [0.25, 0.3) is 0 Å². The van der Waals surface area contributed by atoms with Crippen LogP contribution in [0.1, 0.15) is 39.1 Å². The fraction of sp³-hybridized carbons (Fsp3) is 0.727. The van der Waals surface area contributed by atoms with E-state index in [4.69, 9.17) is 9.26 Å². The molecule has 0 aliphatic rings. The molecule has 1 rings (SSSR count). The molecule has 0 atom stereocenters. The third kappa shape index (κ3) is 4.95. The molecule has 0 aliphatic heterocycles. The van der Waals surface area contributed by atoms with E-state index in [1.54, 1.807) is 0 Å². The summed E-state index contributed by atoms with van der Waals surface area (Å²) in [4.78, 5) is 0. The number of aromatic nitrogens is 1. The van der Waals surface area contributed by atoms with Crippen molar-refractivity contribution in [2.45, 2.75) is 46.4 Å². The van der Waals surface area contributed by atoms with Gasteiger partial charge < -0.3 is 14.6 Å². The summed E-state index contributed by atoms with van der Waals surface area (Å²) in [6.45, 7) is 10.3. The van der Waals surface area contributed by atoms with E-state index in [-0.39, 0.29) is 5.60 Å². The summed E-state index contributed by atoms with van der Waals surface area (Å²) >= 11 is 0. The summed E-state index contributed by atoms with van der Waals surface area (Å²) in [6, 6.07) is 1.92. The van der Waals surface area contributed by atoms with Crippen LogP contribution >= 0.6 is 0 Å². The Morgan fingerprint density at radius 1 is 1.47 bits per heavy atom. The molecule has 1 aromatic rings. The Labute approximate surface area is 91.0 Å². The van der Waals surface area contributed by atoms with E-state index in [0.29, 0.717) is 6.61 Å². The molecule has 0 aliphatic carbocycles. The van der Waals surface area contributed by atoms with Crippen LogP contribution in [0.15, 0.2) is 10.6 Å². The van der Waals surface area contributed by atoms with Crippen LogP contribution in [0.25, 0.3) is 0 Å². The Balaban J connectivity index is 2.39. The highest BCUT2D eigenvalue weighted by atomic mass is 16.5. The lowest BCUT2D eigenvalue weighted by Gasteiger charge is -2.17. The normalized spacial score (nSPS) is 12.0. The maximum atomic E-state index is 5.58. The first-order valence-corrected chi connectivity index (χ1v) is 5.30. The Bertz CT molecular complexity index is 289. The smallest absolute Gasteiger partial charge is 0.162 e. The minimum Gasteiger partial charge on any atom is -0.368 e. The average Bonchev–Trinajstić information content (AvgIpc) is 2.58. The summed E-state index contributed by atoms with van der Waals surface area (Å²) in [5, 5.41) is 7.12. The summed E-state index contributed by atoms with van der Waals surface area (Å²) in [5.41, 5.74) is 0.776. The number of nitrogens with zero attached hydrogens (tertiary/aromatic N) is 1. The zero-order valence-electron chi connectivity index (χ0n) is 9.96. The van der Waals surface area contributed by atoms with Gasteiger partial charge in [-0.3, -0.25) is 0 Å². The molecule has 1 heterocycles. The van der Waals surface area contributed by atoms with Gasteiger partial charge in [0.1, 0.15) is 6.61 Å². The van der Waals surface area contributed by atoms with Gasteiger partial charge >= 0.3 is 0 Å². The maximum absolute atomic E-state index is 5.58. The van der Waals surface area contributed by atoms with Crippen molar-refractivity contribution in [2.75, 3.05) is 6.54 Å². The molecule has 0 amide bonds. The van der Waals surface area contributed by atoms with Crippen molar-refractivity contribution < 1.29 is 9.26 Å². The van der Waals surface area contributed by atoms with Crippen molar-refractivity contribution in [2.24, 2.45) is 0 Å². The SMILES string of the molecule is CCNCc1cc(COC(C)(C)C)on1. The first-order valence-electron chi connectivity index (χ1n) is 5.30. The number of rotatable bonds is 5. The largest absolute Gasteiger partial charge is 0.368 e. The predicted molar refractivity (Wildman–Crippen MR) is 58.4 cm³/mol. The molecule has 0 spiro atoms. The molecular formula is C11H20N2O2. The maximum Gasteiger partial charge on any atom is 0.162 e. The highest BCUT2D eigenvalue weighted by molar-refractivity contribution is 5.04. The highest BCUT2D eigenvalue weighted by Gasteiger charge is 2.12. The quantitative estimate of drug-likeness (QED) is 0.812. The molecule has 0 saturated carbocycles. The average molecular weight is 212 g/mol. The molecule has 0 bridgehead atoms. The third-order valence-electron chi connectivity index (χ3n) is 1.81. The van der Waals surface area contributed by atoms with E-state index in [1.165, 1.54) is 0 Å². The summed E-state index contributed by atoms with van der Waals surface area (Å²) in [6.07, 6.45) is 0. The molecule has 0 aromatic carbocycles. The van der Waals surface area contributed by atoms with E-state index < -0.39 is 0 Å². The van der Waals surface area contributed by atoms with Crippen molar-refractivity contribution >= 4 is 0 Å². The molecule has 0 radical (unpaired) electrons. The van der Waals surface area contributed by atoms with Gasteiger partial charge in [0.2, 0.25) is 0 Å². The topological polar surface area (TPSA) is 47.3 Å². The molecule has 1 N–H and O–H groups in total. The van der Waals surface area contributed by atoms with Gasteiger partial charge in [0.15, 0.2) is 5.76 Å². The van der Waals surface area contributed by atoms with E-state index in [0.717, 1.165) is 24.5 Å². The van der Waals surface area contributed by atoms with E-state index >= 15 is 0 Å². The second-order valence-corrected chi connectivity index (χ2v) is 4.47. The molecule has 0 fully saturated rings. The molecule has 0 unspecified atom stereocenters. The Morgan fingerprint density at radius 3 is 2.80 bits per heavy atom. The van der Waals surface area contributed by atoms with Crippen molar-refractivity contribution in [3.05, 3.63) is 17.5 Å². The standard InChI is InChI=1S/C11H20N2O2/c1-5-12-7-9-6-10(15-13-9)8-14-11(2,3)4/h6,12H,5,7-8H2,1-4H3. The van der Waals surface area contributed by atoms with Crippen LogP contribution in [-0.4, -0.2) is 17.3 Å². The second-order valence-electron chi connectivity index (χ2n) is 4.47. The van der Waals surface area contributed by atoms with Gasteiger partial charge in [-0.15, -0.1) is 0 Å². The molecule has 4 heteroatoms. The molecule has 4 nitrogen and oxygen atoms in total.